The number of ether oxygens (including phenoxy) is 2. The summed E-state index contributed by atoms with van der Waals surface area (Å²) in [6.07, 6.45) is 0.751. The Balaban J connectivity index is 2.01. The molecule has 4 nitrogen and oxygen atoms in total. The first kappa shape index (κ1) is 15.3. The minimum absolute atomic E-state index is 0.0965. The van der Waals surface area contributed by atoms with E-state index in [4.69, 9.17) is 9.47 Å². The van der Waals surface area contributed by atoms with Gasteiger partial charge in [-0.05, 0) is 18.1 Å². The molecule has 1 aliphatic heterocycles. The Morgan fingerprint density at radius 3 is 3.00 bits per heavy atom. The molecule has 0 spiro atoms. The van der Waals surface area contributed by atoms with Crippen LogP contribution in [0, 0.1) is 5.92 Å². The number of alkyl halides is 1. The van der Waals surface area contributed by atoms with E-state index in [1.54, 1.807) is 7.11 Å². The molecule has 20 heavy (non-hydrogen) atoms. The molecule has 0 saturated carbocycles. The summed E-state index contributed by atoms with van der Waals surface area (Å²) in [5.41, 5.74) is 1.11. The highest BCUT2D eigenvalue weighted by atomic mass is 79.9. The second-order valence-corrected chi connectivity index (χ2v) is 5.62. The van der Waals surface area contributed by atoms with E-state index in [2.05, 4.69) is 15.9 Å². The maximum atomic E-state index is 12.6. The van der Waals surface area contributed by atoms with Gasteiger partial charge in [0.25, 0.3) is 0 Å². The molecule has 0 aliphatic carbocycles. The summed E-state index contributed by atoms with van der Waals surface area (Å²) in [7, 11) is 1.65. The van der Waals surface area contributed by atoms with Gasteiger partial charge in [-0.1, -0.05) is 34.1 Å². The Labute approximate surface area is 128 Å². The third-order valence-electron chi connectivity index (χ3n) is 3.46. The van der Waals surface area contributed by atoms with Crippen molar-refractivity contribution in [3.05, 3.63) is 29.8 Å². The van der Waals surface area contributed by atoms with Crippen LogP contribution in [-0.2, 0) is 16.0 Å². The number of fused-ring (bicyclic) bond motifs is 1. The molecular formula is C15H20BrNO3. The Morgan fingerprint density at radius 2 is 2.25 bits per heavy atom. The van der Waals surface area contributed by atoms with Crippen molar-refractivity contribution in [2.45, 2.75) is 6.42 Å². The third kappa shape index (κ3) is 3.73. The fourth-order valence-corrected chi connectivity index (χ4v) is 2.81. The fraction of sp³-hybridized carbons (Fsp3) is 0.533. The highest BCUT2D eigenvalue weighted by molar-refractivity contribution is 9.09. The van der Waals surface area contributed by atoms with Crippen molar-refractivity contribution in [3.8, 4) is 5.75 Å². The molecule has 0 aromatic heterocycles. The first-order valence-corrected chi connectivity index (χ1v) is 7.92. The Bertz CT molecular complexity index is 452. The number of hydrogen-bond acceptors (Lipinski definition) is 3. The van der Waals surface area contributed by atoms with Crippen LogP contribution in [-0.4, -0.2) is 49.6 Å². The summed E-state index contributed by atoms with van der Waals surface area (Å²) in [5, 5.41) is 0.770. The van der Waals surface area contributed by atoms with Gasteiger partial charge in [-0.3, -0.25) is 4.79 Å². The van der Waals surface area contributed by atoms with Gasteiger partial charge in [0.05, 0.1) is 12.5 Å². The predicted octanol–water partition coefficient (Wildman–Crippen LogP) is 2.11. The summed E-state index contributed by atoms with van der Waals surface area (Å²) in [6.45, 7) is 2.34. The van der Waals surface area contributed by atoms with Crippen molar-refractivity contribution in [1.82, 2.24) is 4.90 Å². The topological polar surface area (TPSA) is 38.8 Å². The number of methoxy groups -OCH3 is 1. The van der Waals surface area contributed by atoms with Crippen LogP contribution in [0.4, 0.5) is 0 Å². The quantitative estimate of drug-likeness (QED) is 0.744. The van der Waals surface area contributed by atoms with Gasteiger partial charge in [0.1, 0.15) is 12.4 Å². The van der Waals surface area contributed by atoms with E-state index in [0.717, 1.165) is 23.1 Å². The largest absolute Gasteiger partial charge is 0.492 e. The Hall–Kier alpha value is -1.07. The molecule has 1 aliphatic rings. The molecule has 5 heteroatoms. The van der Waals surface area contributed by atoms with Crippen LogP contribution >= 0.6 is 15.9 Å². The minimum atomic E-state index is -0.0965. The molecule has 1 unspecified atom stereocenters. The second kappa shape index (κ2) is 7.64. The predicted molar refractivity (Wildman–Crippen MR) is 81.4 cm³/mol. The highest BCUT2D eigenvalue weighted by Gasteiger charge is 2.29. The lowest BCUT2D eigenvalue weighted by molar-refractivity contribution is -0.137. The van der Waals surface area contributed by atoms with Crippen molar-refractivity contribution in [2.75, 3.05) is 38.7 Å². The molecule has 0 N–H and O–H groups in total. The van der Waals surface area contributed by atoms with Crippen molar-refractivity contribution in [3.63, 3.8) is 0 Å². The van der Waals surface area contributed by atoms with Crippen molar-refractivity contribution in [1.29, 1.82) is 0 Å². The maximum Gasteiger partial charge on any atom is 0.229 e. The third-order valence-corrected chi connectivity index (χ3v) is 3.81. The standard InChI is InChI=1S/C15H20BrNO3/c1-19-9-8-17(7-6-16)15(18)13-10-12-4-2-3-5-14(12)20-11-13/h2-5,13H,6-11H2,1H3. The van der Waals surface area contributed by atoms with Gasteiger partial charge in [0.2, 0.25) is 5.91 Å². The molecule has 0 bridgehead atoms. The Kier molecular flexibility index (Phi) is 5.86. The molecule has 0 radical (unpaired) electrons. The van der Waals surface area contributed by atoms with Crippen LogP contribution in [0.1, 0.15) is 5.56 Å². The lowest BCUT2D eigenvalue weighted by Crippen LogP contribution is -2.43. The number of hydrogen-bond donors (Lipinski definition) is 0. The first-order chi connectivity index (χ1) is 9.76. The molecule has 1 heterocycles. The number of para-hydroxylation sites is 1. The SMILES string of the molecule is COCCN(CCBr)C(=O)C1COc2ccccc2C1. The number of amides is 1. The maximum absolute atomic E-state index is 12.6. The average Bonchev–Trinajstić information content (AvgIpc) is 2.50. The van der Waals surface area contributed by atoms with E-state index in [-0.39, 0.29) is 11.8 Å². The zero-order chi connectivity index (χ0) is 14.4. The lowest BCUT2D eigenvalue weighted by atomic mass is 9.95. The van der Waals surface area contributed by atoms with Crippen LogP contribution in [0.2, 0.25) is 0 Å². The van der Waals surface area contributed by atoms with E-state index < -0.39 is 0 Å². The van der Waals surface area contributed by atoms with Crippen LogP contribution in [0.25, 0.3) is 0 Å². The number of rotatable bonds is 6. The number of nitrogens with zero attached hydrogens (tertiary/aromatic N) is 1. The molecule has 1 amide bonds. The van der Waals surface area contributed by atoms with E-state index in [9.17, 15) is 4.79 Å². The van der Waals surface area contributed by atoms with Gasteiger partial charge in [-0.2, -0.15) is 0 Å². The number of carbonyl (C=O) groups is 1. The van der Waals surface area contributed by atoms with E-state index in [1.807, 2.05) is 29.2 Å². The Morgan fingerprint density at radius 1 is 1.45 bits per heavy atom. The van der Waals surface area contributed by atoms with Crippen molar-refractivity contribution < 1.29 is 14.3 Å². The normalized spacial score (nSPS) is 17.2. The summed E-state index contributed by atoms with van der Waals surface area (Å²) in [6, 6.07) is 7.92. The second-order valence-electron chi connectivity index (χ2n) is 4.83. The summed E-state index contributed by atoms with van der Waals surface area (Å²) >= 11 is 3.39. The van der Waals surface area contributed by atoms with E-state index in [0.29, 0.717) is 26.3 Å². The molecule has 0 saturated heterocycles. The van der Waals surface area contributed by atoms with Gasteiger partial charge in [-0.25, -0.2) is 0 Å². The molecule has 1 aromatic rings. The number of benzene rings is 1. The lowest BCUT2D eigenvalue weighted by Gasteiger charge is -2.30. The van der Waals surface area contributed by atoms with Gasteiger partial charge in [-0.15, -0.1) is 0 Å². The zero-order valence-corrected chi connectivity index (χ0v) is 13.3. The molecule has 1 atom stereocenters. The van der Waals surface area contributed by atoms with Gasteiger partial charge >= 0.3 is 0 Å². The van der Waals surface area contributed by atoms with Gasteiger partial charge < -0.3 is 14.4 Å². The fourth-order valence-electron chi connectivity index (χ4n) is 2.38. The van der Waals surface area contributed by atoms with Gasteiger partial charge in [0, 0.05) is 25.5 Å². The smallest absolute Gasteiger partial charge is 0.229 e. The molecule has 1 aromatic carbocycles. The molecule has 110 valence electrons. The number of halogens is 1. The van der Waals surface area contributed by atoms with Crippen LogP contribution in [0.5, 0.6) is 5.75 Å². The minimum Gasteiger partial charge on any atom is -0.492 e. The number of carbonyl (C=O) groups excluding carboxylic acids is 1. The highest BCUT2D eigenvalue weighted by Crippen LogP contribution is 2.27. The summed E-state index contributed by atoms with van der Waals surface area (Å²) < 4.78 is 10.8. The molecular weight excluding hydrogens is 322 g/mol. The zero-order valence-electron chi connectivity index (χ0n) is 11.7. The summed E-state index contributed by atoms with van der Waals surface area (Å²) in [5.74, 6) is 0.956. The van der Waals surface area contributed by atoms with Crippen molar-refractivity contribution in [2.24, 2.45) is 5.92 Å². The van der Waals surface area contributed by atoms with E-state index in [1.165, 1.54) is 0 Å². The van der Waals surface area contributed by atoms with Crippen LogP contribution in [0.15, 0.2) is 24.3 Å². The molecule has 2 rings (SSSR count). The molecule has 0 fully saturated rings. The summed E-state index contributed by atoms with van der Waals surface area (Å²) in [4.78, 5) is 14.4. The van der Waals surface area contributed by atoms with Gasteiger partial charge in [0.15, 0.2) is 0 Å². The van der Waals surface area contributed by atoms with Crippen molar-refractivity contribution >= 4 is 21.8 Å². The monoisotopic (exact) mass is 341 g/mol. The van der Waals surface area contributed by atoms with E-state index >= 15 is 0 Å². The van der Waals surface area contributed by atoms with Crippen LogP contribution in [0.3, 0.4) is 0 Å². The average molecular weight is 342 g/mol. The van der Waals surface area contributed by atoms with Crippen LogP contribution < -0.4 is 4.74 Å². The first-order valence-electron chi connectivity index (χ1n) is 6.80.